The molecule has 2 aromatic rings. The summed E-state index contributed by atoms with van der Waals surface area (Å²) in [5, 5.41) is 16.1. The SMILES string of the molecule is O=C(NCCC1=CCCCC1)C(=O)NC[C@](O)(c1ccoc1)c1ccco1. The number of furan rings is 2. The molecule has 144 valence electrons. The van der Waals surface area contributed by atoms with Gasteiger partial charge in [-0.3, -0.25) is 9.59 Å². The van der Waals surface area contributed by atoms with Gasteiger partial charge in [-0.2, -0.15) is 0 Å². The van der Waals surface area contributed by atoms with Crippen LogP contribution in [0.3, 0.4) is 0 Å². The zero-order chi connectivity index (χ0) is 19.1. The summed E-state index contributed by atoms with van der Waals surface area (Å²) in [6.07, 6.45) is 11.7. The van der Waals surface area contributed by atoms with E-state index in [1.807, 2.05) is 0 Å². The fraction of sp³-hybridized carbons (Fsp3) is 0.400. The second-order valence-electron chi connectivity index (χ2n) is 6.65. The Kier molecular flexibility index (Phi) is 6.13. The molecule has 0 fully saturated rings. The van der Waals surface area contributed by atoms with Gasteiger partial charge in [-0.25, -0.2) is 0 Å². The average molecular weight is 372 g/mol. The Morgan fingerprint density at radius 2 is 2.00 bits per heavy atom. The summed E-state index contributed by atoms with van der Waals surface area (Å²) in [6.45, 7) is 0.194. The first-order valence-electron chi connectivity index (χ1n) is 9.12. The van der Waals surface area contributed by atoms with Crippen molar-refractivity contribution in [3.05, 3.63) is 60.0 Å². The van der Waals surface area contributed by atoms with Crippen LogP contribution in [0.4, 0.5) is 0 Å². The zero-order valence-corrected chi connectivity index (χ0v) is 15.1. The third-order valence-electron chi connectivity index (χ3n) is 4.76. The van der Waals surface area contributed by atoms with Crippen molar-refractivity contribution >= 4 is 11.8 Å². The second-order valence-corrected chi connectivity index (χ2v) is 6.65. The van der Waals surface area contributed by atoms with Gasteiger partial charge in [0.05, 0.1) is 25.3 Å². The van der Waals surface area contributed by atoms with Crippen LogP contribution in [-0.4, -0.2) is 30.0 Å². The standard InChI is InChI=1S/C20H24N2O5/c23-18(21-10-8-15-5-2-1-3-6-15)19(24)22-14-20(25,16-9-12-26-13-16)17-7-4-11-27-17/h4-5,7,9,11-13,25H,1-3,6,8,10,14H2,(H,21,23)(H,22,24)/t20-/m0/s1. The van der Waals surface area contributed by atoms with Crippen molar-refractivity contribution in [2.75, 3.05) is 13.1 Å². The summed E-state index contributed by atoms with van der Waals surface area (Å²) in [6, 6.07) is 4.80. The van der Waals surface area contributed by atoms with Crippen LogP contribution in [0.5, 0.6) is 0 Å². The molecule has 7 nitrogen and oxygen atoms in total. The van der Waals surface area contributed by atoms with Crippen molar-refractivity contribution in [3.8, 4) is 0 Å². The summed E-state index contributed by atoms with van der Waals surface area (Å²) in [7, 11) is 0. The highest BCUT2D eigenvalue weighted by Crippen LogP contribution is 2.29. The monoisotopic (exact) mass is 372 g/mol. The van der Waals surface area contributed by atoms with E-state index in [2.05, 4.69) is 16.7 Å². The van der Waals surface area contributed by atoms with Gasteiger partial charge in [-0.15, -0.1) is 0 Å². The molecule has 0 aliphatic heterocycles. The van der Waals surface area contributed by atoms with Crippen LogP contribution in [0.1, 0.15) is 43.4 Å². The number of amides is 2. The maximum absolute atomic E-state index is 12.1. The topological polar surface area (TPSA) is 105 Å². The Labute approximate surface area is 157 Å². The predicted molar refractivity (Wildman–Crippen MR) is 97.6 cm³/mol. The van der Waals surface area contributed by atoms with Gasteiger partial charge < -0.3 is 24.6 Å². The number of nitrogens with one attached hydrogen (secondary N) is 2. The second kappa shape index (κ2) is 8.73. The summed E-state index contributed by atoms with van der Waals surface area (Å²) in [4.78, 5) is 24.1. The van der Waals surface area contributed by atoms with E-state index in [0.29, 0.717) is 12.1 Å². The van der Waals surface area contributed by atoms with Gasteiger partial charge in [0.1, 0.15) is 5.76 Å². The molecule has 0 spiro atoms. The molecule has 27 heavy (non-hydrogen) atoms. The van der Waals surface area contributed by atoms with E-state index in [4.69, 9.17) is 8.83 Å². The summed E-state index contributed by atoms with van der Waals surface area (Å²) in [5.74, 6) is -1.28. The van der Waals surface area contributed by atoms with Crippen molar-refractivity contribution in [1.82, 2.24) is 10.6 Å². The number of carbonyl (C=O) groups excluding carboxylic acids is 2. The van der Waals surface area contributed by atoms with Gasteiger partial charge in [0, 0.05) is 12.1 Å². The molecule has 2 heterocycles. The van der Waals surface area contributed by atoms with E-state index in [0.717, 1.165) is 19.3 Å². The van der Waals surface area contributed by atoms with Crippen molar-refractivity contribution in [3.63, 3.8) is 0 Å². The molecule has 2 aromatic heterocycles. The first-order chi connectivity index (χ1) is 13.1. The van der Waals surface area contributed by atoms with Crippen LogP contribution in [0.25, 0.3) is 0 Å². The lowest BCUT2D eigenvalue weighted by molar-refractivity contribution is -0.139. The third-order valence-corrected chi connectivity index (χ3v) is 4.76. The lowest BCUT2D eigenvalue weighted by Crippen LogP contribution is -2.46. The molecule has 0 unspecified atom stereocenters. The lowest BCUT2D eigenvalue weighted by Gasteiger charge is -2.25. The molecule has 0 saturated heterocycles. The Balaban J connectivity index is 1.53. The van der Waals surface area contributed by atoms with Gasteiger partial charge in [0.2, 0.25) is 0 Å². The minimum atomic E-state index is -1.63. The van der Waals surface area contributed by atoms with E-state index in [9.17, 15) is 14.7 Å². The fourth-order valence-electron chi connectivity index (χ4n) is 3.18. The molecular weight excluding hydrogens is 348 g/mol. The van der Waals surface area contributed by atoms with Gasteiger partial charge in [0.15, 0.2) is 5.60 Å². The molecule has 0 radical (unpaired) electrons. The van der Waals surface area contributed by atoms with Crippen molar-refractivity contribution < 1.29 is 23.5 Å². The number of allylic oxidation sites excluding steroid dienone is 1. The normalized spacial score (nSPS) is 16.3. The molecule has 3 rings (SSSR count). The summed E-state index contributed by atoms with van der Waals surface area (Å²) < 4.78 is 10.3. The molecule has 0 bridgehead atoms. The highest BCUT2D eigenvalue weighted by molar-refractivity contribution is 6.35. The van der Waals surface area contributed by atoms with Crippen LogP contribution in [0.15, 0.2) is 57.5 Å². The van der Waals surface area contributed by atoms with E-state index in [1.165, 1.54) is 37.2 Å². The van der Waals surface area contributed by atoms with Crippen LogP contribution >= 0.6 is 0 Å². The molecular formula is C20H24N2O5. The Morgan fingerprint density at radius 3 is 2.67 bits per heavy atom. The van der Waals surface area contributed by atoms with Crippen LogP contribution < -0.4 is 10.6 Å². The van der Waals surface area contributed by atoms with Crippen molar-refractivity contribution in [1.29, 1.82) is 0 Å². The van der Waals surface area contributed by atoms with Crippen molar-refractivity contribution in [2.24, 2.45) is 0 Å². The molecule has 1 aliphatic carbocycles. The molecule has 3 N–H and O–H groups in total. The largest absolute Gasteiger partial charge is 0.472 e. The van der Waals surface area contributed by atoms with Crippen LogP contribution in [-0.2, 0) is 15.2 Å². The minimum absolute atomic E-state index is 0.225. The predicted octanol–water partition coefficient (Wildman–Crippen LogP) is 2.23. The number of aliphatic hydroxyl groups is 1. The number of hydrogen-bond donors (Lipinski definition) is 3. The van der Waals surface area contributed by atoms with Gasteiger partial charge in [0.25, 0.3) is 0 Å². The molecule has 0 aromatic carbocycles. The fourth-order valence-corrected chi connectivity index (χ4v) is 3.18. The maximum atomic E-state index is 12.1. The molecule has 0 saturated carbocycles. The minimum Gasteiger partial charge on any atom is -0.472 e. The van der Waals surface area contributed by atoms with E-state index < -0.39 is 17.4 Å². The average Bonchev–Trinajstić information content (AvgIpc) is 3.41. The van der Waals surface area contributed by atoms with Gasteiger partial charge >= 0.3 is 11.8 Å². The quantitative estimate of drug-likeness (QED) is 0.511. The first kappa shape index (κ1) is 19.0. The number of hydrogen-bond acceptors (Lipinski definition) is 5. The van der Waals surface area contributed by atoms with E-state index in [-0.39, 0.29) is 12.3 Å². The highest BCUT2D eigenvalue weighted by Gasteiger charge is 2.36. The summed E-state index contributed by atoms with van der Waals surface area (Å²) in [5.41, 5.74) is 0.121. The van der Waals surface area contributed by atoms with E-state index >= 15 is 0 Å². The van der Waals surface area contributed by atoms with Gasteiger partial charge in [-0.1, -0.05) is 11.6 Å². The third kappa shape index (κ3) is 4.68. The molecule has 2 amide bonds. The smallest absolute Gasteiger partial charge is 0.309 e. The van der Waals surface area contributed by atoms with Crippen LogP contribution in [0, 0.1) is 0 Å². The lowest BCUT2D eigenvalue weighted by atomic mass is 9.93. The number of rotatable bonds is 7. The first-order valence-corrected chi connectivity index (χ1v) is 9.12. The molecule has 1 atom stereocenters. The molecule has 1 aliphatic rings. The number of carbonyl (C=O) groups is 2. The maximum Gasteiger partial charge on any atom is 0.309 e. The van der Waals surface area contributed by atoms with E-state index in [1.54, 1.807) is 18.2 Å². The Hall–Kier alpha value is -2.80. The Bertz CT molecular complexity index is 743. The molecule has 7 heteroatoms. The van der Waals surface area contributed by atoms with Crippen molar-refractivity contribution in [2.45, 2.75) is 37.7 Å². The Morgan fingerprint density at radius 1 is 1.15 bits per heavy atom. The zero-order valence-electron chi connectivity index (χ0n) is 15.1. The van der Waals surface area contributed by atoms with Gasteiger partial charge in [-0.05, 0) is 50.3 Å². The van der Waals surface area contributed by atoms with Crippen LogP contribution in [0.2, 0.25) is 0 Å². The highest BCUT2D eigenvalue weighted by atomic mass is 16.4. The summed E-state index contributed by atoms with van der Waals surface area (Å²) >= 11 is 0.